The number of amides is 1. The Morgan fingerprint density at radius 3 is 2.87 bits per heavy atom. The van der Waals surface area contributed by atoms with Crippen LogP contribution in [0.25, 0.3) is 0 Å². The van der Waals surface area contributed by atoms with E-state index < -0.39 is 12.0 Å². The van der Waals surface area contributed by atoms with E-state index in [0.717, 1.165) is 24.2 Å². The van der Waals surface area contributed by atoms with Gasteiger partial charge in [-0.2, -0.15) is 0 Å². The van der Waals surface area contributed by atoms with Crippen LogP contribution in [0.4, 0.5) is 0 Å². The number of rotatable bonds is 7. The molecule has 0 saturated carbocycles. The monoisotopic (exact) mass is 320 g/mol. The molecule has 6 heteroatoms. The number of nitrogens with zero attached hydrogens (tertiary/aromatic N) is 1. The first-order valence-corrected chi connectivity index (χ1v) is 7.97. The van der Waals surface area contributed by atoms with Crippen LogP contribution in [0.15, 0.2) is 24.3 Å². The Balaban J connectivity index is 1.79. The standard InChI is InChI=1S/C17H24N2O4/c1-23-15-8-3-2-6-13(15)9-10-18-16(20)12-19-11-5-4-7-14(19)17(21)22/h2-3,6,8,14H,4-5,7,9-12H2,1H3,(H,18,20)(H,21,22). The average molecular weight is 320 g/mol. The van der Waals surface area contributed by atoms with Crippen molar-refractivity contribution < 1.29 is 19.4 Å². The molecule has 6 nitrogen and oxygen atoms in total. The molecule has 2 rings (SSSR count). The van der Waals surface area contributed by atoms with Crippen LogP contribution in [-0.2, 0) is 16.0 Å². The average Bonchev–Trinajstić information content (AvgIpc) is 2.55. The first-order valence-electron chi connectivity index (χ1n) is 7.97. The van der Waals surface area contributed by atoms with Gasteiger partial charge in [0.05, 0.1) is 13.7 Å². The van der Waals surface area contributed by atoms with Gasteiger partial charge < -0.3 is 15.2 Å². The number of nitrogens with one attached hydrogen (secondary N) is 1. The van der Waals surface area contributed by atoms with Crippen LogP contribution in [0.1, 0.15) is 24.8 Å². The van der Waals surface area contributed by atoms with E-state index in [0.29, 0.717) is 25.9 Å². The number of ether oxygens (including phenoxy) is 1. The number of methoxy groups -OCH3 is 1. The van der Waals surface area contributed by atoms with E-state index in [4.69, 9.17) is 4.74 Å². The maximum Gasteiger partial charge on any atom is 0.320 e. The molecule has 0 aliphatic carbocycles. The minimum atomic E-state index is -0.841. The van der Waals surface area contributed by atoms with Crippen molar-refractivity contribution in [2.24, 2.45) is 0 Å². The first-order chi connectivity index (χ1) is 11.1. The van der Waals surface area contributed by atoms with Crippen molar-refractivity contribution in [3.05, 3.63) is 29.8 Å². The fourth-order valence-corrected chi connectivity index (χ4v) is 2.95. The number of carboxylic acid groups (broad SMARTS) is 1. The first kappa shape index (κ1) is 17.3. The van der Waals surface area contributed by atoms with Gasteiger partial charge in [0.2, 0.25) is 5.91 Å². The highest BCUT2D eigenvalue weighted by Gasteiger charge is 2.29. The zero-order valence-electron chi connectivity index (χ0n) is 13.5. The summed E-state index contributed by atoms with van der Waals surface area (Å²) in [6.45, 7) is 1.31. The van der Waals surface area contributed by atoms with Crippen LogP contribution in [0.5, 0.6) is 5.75 Å². The molecule has 0 radical (unpaired) electrons. The number of likely N-dealkylation sites (tertiary alicyclic amines) is 1. The Hall–Kier alpha value is -2.08. The van der Waals surface area contributed by atoms with Crippen LogP contribution < -0.4 is 10.1 Å². The highest BCUT2D eigenvalue weighted by molar-refractivity contribution is 5.80. The van der Waals surface area contributed by atoms with E-state index in [1.54, 1.807) is 12.0 Å². The van der Waals surface area contributed by atoms with Gasteiger partial charge in [0, 0.05) is 6.54 Å². The van der Waals surface area contributed by atoms with Gasteiger partial charge in [-0.1, -0.05) is 24.6 Å². The lowest BCUT2D eigenvalue weighted by molar-refractivity contribution is -0.145. The van der Waals surface area contributed by atoms with Crippen LogP contribution in [0.2, 0.25) is 0 Å². The van der Waals surface area contributed by atoms with Crippen molar-refractivity contribution in [2.75, 3.05) is 26.7 Å². The van der Waals surface area contributed by atoms with E-state index in [1.165, 1.54) is 0 Å². The summed E-state index contributed by atoms with van der Waals surface area (Å²) in [6, 6.07) is 7.16. The molecule has 1 amide bonds. The molecule has 0 aromatic heterocycles. The molecule has 1 aliphatic heterocycles. The quantitative estimate of drug-likeness (QED) is 0.791. The number of carbonyl (C=O) groups is 2. The molecular weight excluding hydrogens is 296 g/mol. The van der Waals surface area contributed by atoms with Crippen LogP contribution in [0.3, 0.4) is 0 Å². The van der Waals surface area contributed by atoms with Crippen molar-refractivity contribution in [3.63, 3.8) is 0 Å². The molecule has 0 spiro atoms. The van der Waals surface area contributed by atoms with Gasteiger partial charge in [0.15, 0.2) is 0 Å². The predicted octanol–water partition coefficient (Wildman–Crippen LogP) is 1.29. The van der Waals surface area contributed by atoms with Crippen molar-refractivity contribution in [1.29, 1.82) is 0 Å². The smallest absolute Gasteiger partial charge is 0.320 e. The summed E-state index contributed by atoms with van der Waals surface area (Å²) in [7, 11) is 1.62. The lowest BCUT2D eigenvalue weighted by Crippen LogP contribution is -2.49. The van der Waals surface area contributed by atoms with E-state index in [-0.39, 0.29) is 12.5 Å². The summed E-state index contributed by atoms with van der Waals surface area (Å²) in [5, 5.41) is 12.1. The zero-order valence-corrected chi connectivity index (χ0v) is 13.5. The number of hydrogen-bond donors (Lipinski definition) is 2. The Labute approximate surface area is 136 Å². The highest BCUT2D eigenvalue weighted by Crippen LogP contribution is 2.18. The zero-order chi connectivity index (χ0) is 16.7. The van der Waals surface area contributed by atoms with E-state index in [9.17, 15) is 14.7 Å². The number of piperidine rings is 1. The molecule has 23 heavy (non-hydrogen) atoms. The number of carbonyl (C=O) groups excluding carboxylic acids is 1. The van der Waals surface area contributed by atoms with Crippen molar-refractivity contribution >= 4 is 11.9 Å². The van der Waals surface area contributed by atoms with Crippen molar-refractivity contribution in [3.8, 4) is 5.75 Å². The number of hydrogen-bond acceptors (Lipinski definition) is 4. The molecule has 1 saturated heterocycles. The summed E-state index contributed by atoms with van der Waals surface area (Å²) in [6.07, 6.45) is 3.14. The van der Waals surface area contributed by atoms with Crippen LogP contribution >= 0.6 is 0 Å². The van der Waals surface area contributed by atoms with E-state index in [1.807, 2.05) is 24.3 Å². The number of aliphatic carboxylic acids is 1. The fraction of sp³-hybridized carbons (Fsp3) is 0.529. The van der Waals surface area contributed by atoms with Gasteiger partial charge in [-0.15, -0.1) is 0 Å². The molecule has 1 aromatic rings. The Morgan fingerprint density at radius 2 is 2.13 bits per heavy atom. The molecule has 1 atom stereocenters. The Kier molecular flexibility index (Phi) is 6.40. The van der Waals surface area contributed by atoms with E-state index >= 15 is 0 Å². The second kappa shape index (κ2) is 8.53. The molecule has 1 aliphatic rings. The molecule has 0 bridgehead atoms. The van der Waals surface area contributed by atoms with Crippen LogP contribution in [0, 0.1) is 0 Å². The second-order valence-electron chi connectivity index (χ2n) is 5.73. The molecule has 2 N–H and O–H groups in total. The maximum atomic E-state index is 12.0. The molecular formula is C17H24N2O4. The van der Waals surface area contributed by atoms with Gasteiger partial charge in [-0.3, -0.25) is 14.5 Å². The second-order valence-corrected chi connectivity index (χ2v) is 5.73. The largest absolute Gasteiger partial charge is 0.496 e. The van der Waals surface area contributed by atoms with Crippen molar-refractivity contribution in [2.45, 2.75) is 31.7 Å². The van der Waals surface area contributed by atoms with Gasteiger partial charge in [-0.05, 0) is 37.4 Å². The Bertz CT molecular complexity index is 547. The molecule has 1 heterocycles. The van der Waals surface area contributed by atoms with Gasteiger partial charge >= 0.3 is 5.97 Å². The SMILES string of the molecule is COc1ccccc1CCNC(=O)CN1CCCCC1C(=O)O. The normalized spacial score (nSPS) is 18.4. The topological polar surface area (TPSA) is 78.9 Å². The van der Waals surface area contributed by atoms with Gasteiger partial charge in [0.1, 0.15) is 11.8 Å². The molecule has 126 valence electrons. The highest BCUT2D eigenvalue weighted by atomic mass is 16.5. The number of benzene rings is 1. The predicted molar refractivity (Wildman–Crippen MR) is 86.6 cm³/mol. The summed E-state index contributed by atoms with van der Waals surface area (Å²) in [5.74, 6) is -0.164. The summed E-state index contributed by atoms with van der Waals surface area (Å²) >= 11 is 0. The minimum Gasteiger partial charge on any atom is -0.496 e. The lowest BCUT2D eigenvalue weighted by atomic mass is 10.0. The molecule has 1 fully saturated rings. The van der Waals surface area contributed by atoms with Gasteiger partial charge in [-0.25, -0.2) is 0 Å². The van der Waals surface area contributed by atoms with Crippen LogP contribution in [-0.4, -0.2) is 54.7 Å². The third-order valence-electron chi connectivity index (χ3n) is 4.15. The van der Waals surface area contributed by atoms with E-state index in [2.05, 4.69) is 5.32 Å². The fourth-order valence-electron chi connectivity index (χ4n) is 2.95. The third-order valence-corrected chi connectivity index (χ3v) is 4.15. The molecule has 1 unspecified atom stereocenters. The summed E-state index contributed by atoms with van der Waals surface area (Å²) in [5.41, 5.74) is 1.04. The number of para-hydroxylation sites is 1. The minimum absolute atomic E-state index is 0.131. The third kappa shape index (κ3) is 4.96. The lowest BCUT2D eigenvalue weighted by Gasteiger charge is -2.32. The molecule has 1 aromatic carbocycles. The maximum absolute atomic E-state index is 12.0. The van der Waals surface area contributed by atoms with Crippen molar-refractivity contribution in [1.82, 2.24) is 10.2 Å². The Morgan fingerprint density at radius 1 is 1.35 bits per heavy atom. The van der Waals surface area contributed by atoms with Gasteiger partial charge in [0.25, 0.3) is 0 Å². The summed E-state index contributed by atoms with van der Waals surface area (Å²) < 4.78 is 5.28. The number of carboxylic acids is 1. The summed E-state index contributed by atoms with van der Waals surface area (Å²) in [4.78, 5) is 25.0.